The summed E-state index contributed by atoms with van der Waals surface area (Å²) in [6.07, 6.45) is 15.0. The van der Waals surface area contributed by atoms with Gasteiger partial charge in [0.2, 0.25) is 23.6 Å². The molecule has 1 aromatic rings. The summed E-state index contributed by atoms with van der Waals surface area (Å²) < 4.78 is 0. The summed E-state index contributed by atoms with van der Waals surface area (Å²) in [5.74, 6) is -2.15. The number of hydrogen-bond acceptors (Lipinski definition) is 4. The Morgan fingerprint density at radius 1 is 0.750 bits per heavy atom. The van der Waals surface area contributed by atoms with Crippen LogP contribution >= 0.6 is 0 Å². The smallest absolute Gasteiger partial charge is 0.238 e. The first-order valence-electron chi connectivity index (χ1n) is 12.8. The Bertz CT molecular complexity index is 1240. The molecule has 182 valence electrons. The predicted octanol–water partition coefficient (Wildman–Crippen LogP) is 4.20. The number of amides is 4. The van der Waals surface area contributed by atoms with Gasteiger partial charge in [0, 0.05) is 10.8 Å². The van der Waals surface area contributed by atoms with Gasteiger partial charge in [0.1, 0.15) is 0 Å². The van der Waals surface area contributed by atoms with Crippen LogP contribution in [-0.2, 0) is 19.2 Å². The Kier molecular flexibility index (Phi) is 4.24. The number of allylic oxidation sites excluding steroid dienone is 6. The normalized spacial score (nSPS) is 41.1. The number of anilines is 2. The molecule has 8 unspecified atom stereocenters. The average molecular weight is 481 g/mol. The molecule has 4 bridgehead atoms. The van der Waals surface area contributed by atoms with E-state index in [9.17, 15) is 19.2 Å². The second-order valence-corrected chi connectivity index (χ2v) is 11.5. The monoisotopic (exact) mass is 480 g/mol. The lowest BCUT2D eigenvalue weighted by Gasteiger charge is -2.29. The van der Waals surface area contributed by atoms with Gasteiger partial charge in [-0.2, -0.15) is 0 Å². The van der Waals surface area contributed by atoms with E-state index in [-0.39, 0.29) is 58.1 Å². The minimum Gasteiger partial charge on any atom is -0.274 e. The molecule has 7 rings (SSSR count). The molecule has 4 amide bonds. The average Bonchev–Trinajstić information content (AvgIpc) is 3.67. The molecule has 4 aliphatic carbocycles. The second kappa shape index (κ2) is 7.02. The van der Waals surface area contributed by atoms with Crippen LogP contribution in [0.1, 0.15) is 25.7 Å². The van der Waals surface area contributed by atoms with Crippen LogP contribution in [0.4, 0.5) is 11.4 Å². The van der Waals surface area contributed by atoms with Gasteiger partial charge >= 0.3 is 0 Å². The van der Waals surface area contributed by atoms with E-state index in [2.05, 4.69) is 37.5 Å². The Labute approximate surface area is 210 Å². The summed E-state index contributed by atoms with van der Waals surface area (Å²) in [7, 11) is 0. The fourth-order valence-corrected chi connectivity index (χ4v) is 8.56. The molecule has 6 nitrogen and oxygen atoms in total. The molecule has 2 saturated heterocycles. The van der Waals surface area contributed by atoms with Crippen molar-refractivity contribution in [2.45, 2.75) is 25.7 Å². The Hall–Kier alpha value is -3.54. The highest BCUT2D eigenvalue weighted by molar-refractivity contribution is 6.25. The molecule has 0 radical (unpaired) electrons. The van der Waals surface area contributed by atoms with E-state index in [1.165, 1.54) is 9.80 Å². The number of carbonyl (C=O) groups excluding carboxylic acids is 4. The molecule has 2 saturated carbocycles. The van der Waals surface area contributed by atoms with Crippen molar-refractivity contribution in [3.05, 3.63) is 73.9 Å². The van der Waals surface area contributed by atoms with E-state index in [0.717, 1.165) is 12.8 Å². The summed E-state index contributed by atoms with van der Waals surface area (Å²) in [5.41, 5.74) is 0.148. The van der Waals surface area contributed by atoms with Crippen molar-refractivity contribution in [2.75, 3.05) is 9.80 Å². The van der Waals surface area contributed by atoms with Gasteiger partial charge in [-0.1, -0.05) is 42.5 Å². The number of rotatable bonds is 6. The molecule has 6 aliphatic rings. The lowest BCUT2D eigenvalue weighted by molar-refractivity contribution is -0.125. The molecular weight excluding hydrogens is 452 g/mol. The van der Waals surface area contributed by atoms with Crippen LogP contribution in [0.25, 0.3) is 0 Å². The molecule has 0 aromatic heterocycles. The van der Waals surface area contributed by atoms with Crippen molar-refractivity contribution >= 4 is 35.0 Å². The highest BCUT2D eigenvalue weighted by Crippen LogP contribution is 2.63. The quantitative estimate of drug-likeness (QED) is 0.452. The van der Waals surface area contributed by atoms with Crippen molar-refractivity contribution in [1.29, 1.82) is 0 Å². The van der Waals surface area contributed by atoms with E-state index in [4.69, 9.17) is 0 Å². The number of imide groups is 2. The van der Waals surface area contributed by atoms with E-state index < -0.39 is 11.8 Å². The third-order valence-electron chi connectivity index (χ3n) is 9.84. The van der Waals surface area contributed by atoms with E-state index in [0.29, 0.717) is 24.2 Å². The van der Waals surface area contributed by atoms with Crippen LogP contribution < -0.4 is 9.80 Å². The van der Waals surface area contributed by atoms with Crippen LogP contribution in [-0.4, -0.2) is 23.6 Å². The van der Waals surface area contributed by atoms with Gasteiger partial charge in [-0.3, -0.25) is 19.2 Å². The van der Waals surface area contributed by atoms with Gasteiger partial charge < -0.3 is 0 Å². The minimum absolute atomic E-state index is 0.0599. The van der Waals surface area contributed by atoms with Crippen molar-refractivity contribution in [3.63, 3.8) is 0 Å². The Balaban J connectivity index is 1.23. The fourth-order valence-electron chi connectivity index (χ4n) is 8.56. The molecule has 2 aliphatic heterocycles. The zero-order valence-corrected chi connectivity index (χ0v) is 20.0. The first-order valence-corrected chi connectivity index (χ1v) is 12.8. The van der Waals surface area contributed by atoms with Gasteiger partial charge in [0.25, 0.3) is 0 Å². The van der Waals surface area contributed by atoms with Gasteiger partial charge in [-0.25, -0.2) is 9.80 Å². The van der Waals surface area contributed by atoms with Crippen molar-refractivity contribution in [2.24, 2.45) is 46.3 Å². The molecule has 2 heterocycles. The molecule has 8 atom stereocenters. The maximum atomic E-state index is 13.7. The molecule has 0 N–H and O–H groups in total. The number of carbonyl (C=O) groups is 4. The van der Waals surface area contributed by atoms with E-state index >= 15 is 0 Å². The lowest BCUT2D eigenvalue weighted by Crippen LogP contribution is -2.37. The number of hydrogen-bond donors (Lipinski definition) is 0. The Morgan fingerprint density at radius 2 is 1.19 bits per heavy atom. The predicted molar refractivity (Wildman–Crippen MR) is 134 cm³/mol. The highest BCUT2D eigenvalue weighted by atomic mass is 16.2. The topological polar surface area (TPSA) is 74.8 Å². The minimum atomic E-state index is -0.392. The zero-order valence-electron chi connectivity index (χ0n) is 20.0. The van der Waals surface area contributed by atoms with Crippen molar-refractivity contribution in [3.8, 4) is 0 Å². The van der Waals surface area contributed by atoms with E-state index in [1.54, 1.807) is 24.3 Å². The van der Waals surface area contributed by atoms with Crippen molar-refractivity contribution in [1.82, 2.24) is 0 Å². The number of nitrogens with zero attached hydrogens (tertiary/aromatic N) is 2. The maximum Gasteiger partial charge on any atom is 0.238 e. The third-order valence-corrected chi connectivity index (χ3v) is 9.84. The summed E-state index contributed by atoms with van der Waals surface area (Å²) in [6.45, 7) is 7.75. The maximum absolute atomic E-state index is 13.7. The second-order valence-electron chi connectivity index (χ2n) is 11.5. The van der Waals surface area contributed by atoms with Gasteiger partial charge in [0.05, 0.1) is 35.0 Å². The number of fused-ring (bicyclic) bond motifs is 10. The van der Waals surface area contributed by atoms with Crippen LogP contribution in [0.15, 0.2) is 73.9 Å². The zero-order chi connectivity index (χ0) is 25.0. The third kappa shape index (κ3) is 2.42. The van der Waals surface area contributed by atoms with Crippen LogP contribution in [0.2, 0.25) is 0 Å². The first kappa shape index (κ1) is 21.7. The molecule has 1 aromatic carbocycles. The molecule has 6 heteroatoms. The summed E-state index contributed by atoms with van der Waals surface area (Å²) in [5, 5.41) is 0. The van der Waals surface area contributed by atoms with Gasteiger partial charge in [-0.05, 0) is 55.7 Å². The SMILES string of the molecule is C=CCC12C=CC(C1)C1C(=O)N(c3cccc(N4C(=O)C5C6C=CC(CC=C)(C6)C5C4=O)c3)C(=O)C12. The van der Waals surface area contributed by atoms with Crippen LogP contribution in [0, 0.1) is 46.3 Å². The van der Waals surface area contributed by atoms with Gasteiger partial charge in [-0.15, -0.1) is 13.2 Å². The molecule has 36 heavy (non-hydrogen) atoms. The lowest BCUT2D eigenvalue weighted by atomic mass is 9.72. The Morgan fingerprint density at radius 3 is 1.61 bits per heavy atom. The highest BCUT2D eigenvalue weighted by Gasteiger charge is 2.67. The van der Waals surface area contributed by atoms with Crippen LogP contribution in [0.5, 0.6) is 0 Å². The first-order chi connectivity index (χ1) is 17.4. The van der Waals surface area contributed by atoms with E-state index in [1.807, 2.05) is 12.2 Å². The standard InChI is InChI=1S/C30H28N2O4/c1-3-10-29-12-8-17(15-29)21-23(29)27(35)31(25(21)33)19-6-5-7-20(14-19)32-26(34)22-18-9-13-30(16-18,11-4-2)24(22)28(32)36/h3-9,12-14,17-18,21-24H,1-2,10-11,15-16H2. The molecule has 0 spiro atoms. The van der Waals surface area contributed by atoms with Crippen LogP contribution in [0.3, 0.4) is 0 Å². The largest absolute Gasteiger partial charge is 0.274 e. The summed E-state index contributed by atoms with van der Waals surface area (Å²) in [6, 6.07) is 6.80. The number of benzene rings is 1. The molecule has 4 fully saturated rings. The van der Waals surface area contributed by atoms with Gasteiger partial charge in [0.15, 0.2) is 0 Å². The summed E-state index contributed by atoms with van der Waals surface area (Å²) >= 11 is 0. The molecular formula is C30H28N2O4. The van der Waals surface area contributed by atoms with Crippen molar-refractivity contribution < 1.29 is 19.2 Å². The fraction of sp³-hybridized carbons (Fsp3) is 0.400. The summed E-state index contributed by atoms with van der Waals surface area (Å²) in [4.78, 5) is 57.0.